The van der Waals surface area contributed by atoms with E-state index in [0.29, 0.717) is 18.8 Å². The average Bonchev–Trinajstić information content (AvgIpc) is 2.46. The van der Waals surface area contributed by atoms with Crippen LogP contribution in [-0.4, -0.2) is 43.0 Å². The second-order valence-electron chi connectivity index (χ2n) is 5.84. The number of piperidine rings is 1. The summed E-state index contributed by atoms with van der Waals surface area (Å²) in [7, 11) is 2.07. The lowest BCUT2D eigenvalue weighted by atomic mass is 9.80. The molecule has 0 aliphatic carbocycles. The topological polar surface area (TPSA) is 53.3 Å². The number of fused-ring (bicyclic) bond motifs is 2. The van der Waals surface area contributed by atoms with Gasteiger partial charge in [0.2, 0.25) is 0 Å². The average molecular weight is 288 g/mol. The molecule has 0 aromatic heterocycles. The molecule has 0 spiro atoms. The summed E-state index contributed by atoms with van der Waals surface area (Å²) >= 11 is 0. The maximum Gasteiger partial charge on any atom is 0.167 e. The summed E-state index contributed by atoms with van der Waals surface area (Å²) in [5.74, 6) is -0.647. The molecule has 3 rings (SSSR count). The van der Waals surface area contributed by atoms with Crippen molar-refractivity contribution >= 4 is 5.78 Å². The monoisotopic (exact) mass is 288 g/mol. The van der Waals surface area contributed by atoms with Crippen LogP contribution < -0.4 is 0 Å². The van der Waals surface area contributed by atoms with E-state index in [0.717, 1.165) is 18.9 Å². The number of hydrogen-bond donors (Lipinski definition) is 0. The molecular weight excluding hydrogens is 271 g/mol. The Hall–Kier alpha value is -1.77. The van der Waals surface area contributed by atoms with Gasteiger partial charge in [0.1, 0.15) is 5.82 Å². The highest BCUT2D eigenvalue weighted by molar-refractivity contribution is 6.00. The number of ether oxygens (including phenoxy) is 1. The summed E-state index contributed by atoms with van der Waals surface area (Å²) in [5.41, 5.74) is 0.466. The molecule has 5 heteroatoms. The van der Waals surface area contributed by atoms with E-state index < -0.39 is 5.82 Å². The summed E-state index contributed by atoms with van der Waals surface area (Å²) in [6.45, 7) is 1.29. The van der Waals surface area contributed by atoms with Crippen molar-refractivity contribution in [3.8, 4) is 6.07 Å². The highest BCUT2D eigenvalue weighted by Gasteiger charge is 2.39. The Balaban J connectivity index is 1.85. The maximum absolute atomic E-state index is 13.2. The van der Waals surface area contributed by atoms with E-state index in [1.165, 1.54) is 12.1 Å². The predicted octanol–water partition coefficient (Wildman–Crippen LogP) is 1.99. The first kappa shape index (κ1) is 14.2. The Bertz CT molecular complexity index is 597. The van der Waals surface area contributed by atoms with Crippen molar-refractivity contribution in [1.29, 1.82) is 5.26 Å². The Labute approximate surface area is 123 Å². The van der Waals surface area contributed by atoms with Crippen LogP contribution in [-0.2, 0) is 4.74 Å². The van der Waals surface area contributed by atoms with Crippen molar-refractivity contribution in [3.05, 3.63) is 35.1 Å². The molecule has 0 saturated carbocycles. The Morgan fingerprint density at radius 2 is 2.05 bits per heavy atom. The minimum Gasteiger partial charge on any atom is -0.378 e. The van der Waals surface area contributed by atoms with Gasteiger partial charge in [-0.2, -0.15) is 5.26 Å². The van der Waals surface area contributed by atoms with E-state index in [1.807, 2.05) is 6.07 Å². The standard InChI is InChI=1S/C16H17FN2O2/c1-19-13-5-10(6-14(19)9-21-8-13)16(20)15-3-2-12(17)4-11(15)7-18/h2-4,10,13-14H,5-6,8-9H2,1H3. The molecule has 2 heterocycles. The molecule has 4 nitrogen and oxygen atoms in total. The van der Waals surface area contributed by atoms with Gasteiger partial charge in [0.25, 0.3) is 0 Å². The number of hydrogen-bond acceptors (Lipinski definition) is 4. The normalized spacial score (nSPS) is 28.9. The molecule has 2 aliphatic heterocycles. The zero-order valence-corrected chi connectivity index (χ0v) is 11.9. The third kappa shape index (κ3) is 2.57. The number of halogens is 1. The smallest absolute Gasteiger partial charge is 0.167 e. The Morgan fingerprint density at radius 3 is 2.67 bits per heavy atom. The van der Waals surface area contributed by atoms with Crippen LogP contribution in [0, 0.1) is 23.1 Å². The van der Waals surface area contributed by atoms with Crippen molar-refractivity contribution in [3.63, 3.8) is 0 Å². The van der Waals surface area contributed by atoms with Gasteiger partial charge in [-0.25, -0.2) is 4.39 Å². The quantitative estimate of drug-likeness (QED) is 0.781. The van der Waals surface area contributed by atoms with Crippen LogP contribution in [0.1, 0.15) is 28.8 Å². The maximum atomic E-state index is 13.2. The van der Waals surface area contributed by atoms with Crippen LogP contribution in [0.5, 0.6) is 0 Å². The highest BCUT2D eigenvalue weighted by atomic mass is 19.1. The van der Waals surface area contributed by atoms with E-state index in [-0.39, 0.29) is 29.3 Å². The second kappa shape index (κ2) is 5.55. The van der Waals surface area contributed by atoms with Crippen molar-refractivity contribution < 1.29 is 13.9 Å². The van der Waals surface area contributed by atoms with E-state index in [4.69, 9.17) is 10.00 Å². The number of Topliss-reactive ketones (excluding diaryl/α,β-unsaturated/α-hetero) is 1. The molecule has 2 atom stereocenters. The number of ketones is 1. The van der Waals surface area contributed by atoms with Gasteiger partial charge in [0, 0.05) is 23.6 Å². The number of nitriles is 1. The predicted molar refractivity (Wildman–Crippen MR) is 74.3 cm³/mol. The number of rotatable bonds is 2. The van der Waals surface area contributed by atoms with Crippen LogP contribution in [0.2, 0.25) is 0 Å². The fraction of sp³-hybridized carbons (Fsp3) is 0.500. The third-order valence-corrected chi connectivity index (χ3v) is 4.62. The minimum absolute atomic E-state index is 0.0449. The van der Waals surface area contributed by atoms with Gasteiger partial charge in [-0.3, -0.25) is 9.69 Å². The zero-order valence-electron chi connectivity index (χ0n) is 11.9. The summed E-state index contributed by atoms with van der Waals surface area (Å²) < 4.78 is 18.7. The summed E-state index contributed by atoms with van der Waals surface area (Å²) in [5, 5.41) is 9.10. The van der Waals surface area contributed by atoms with Crippen LogP contribution in [0.25, 0.3) is 0 Å². The lowest BCUT2D eigenvalue weighted by molar-refractivity contribution is -0.0702. The van der Waals surface area contributed by atoms with Gasteiger partial charge in [-0.1, -0.05) is 0 Å². The largest absolute Gasteiger partial charge is 0.378 e. The summed E-state index contributed by atoms with van der Waals surface area (Å²) in [4.78, 5) is 15.0. The molecule has 2 bridgehead atoms. The van der Waals surface area contributed by atoms with Crippen LogP contribution in [0.4, 0.5) is 4.39 Å². The minimum atomic E-state index is -0.489. The van der Waals surface area contributed by atoms with Gasteiger partial charge in [-0.05, 0) is 38.1 Å². The highest BCUT2D eigenvalue weighted by Crippen LogP contribution is 2.32. The molecule has 0 radical (unpaired) electrons. The van der Waals surface area contributed by atoms with E-state index >= 15 is 0 Å². The van der Waals surface area contributed by atoms with Gasteiger partial charge >= 0.3 is 0 Å². The Morgan fingerprint density at radius 1 is 1.38 bits per heavy atom. The second-order valence-corrected chi connectivity index (χ2v) is 5.84. The van der Waals surface area contributed by atoms with E-state index in [1.54, 1.807) is 0 Å². The number of nitrogens with zero attached hydrogens (tertiary/aromatic N) is 2. The molecule has 21 heavy (non-hydrogen) atoms. The first-order valence-corrected chi connectivity index (χ1v) is 7.13. The fourth-order valence-corrected chi connectivity index (χ4v) is 3.35. The van der Waals surface area contributed by atoms with Gasteiger partial charge in [-0.15, -0.1) is 0 Å². The van der Waals surface area contributed by atoms with Gasteiger partial charge < -0.3 is 4.74 Å². The molecule has 0 N–H and O–H groups in total. The molecular formula is C16H17FN2O2. The van der Waals surface area contributed by atoms with E-state index in [9.17, 15) is 9.18 Å². The third-order valence-electron chi connectivity index (χ3n) is 4.62. The molecule has 2 unspecified atom stereocenters. The molecule has 2 saturated heterocycles. The number of carbonyl (C=O) groups is 1. The van der Waals surface area contributed by atoms with Crippen molar-refractivity contribution in [2.24, 2.45) is 5.92 Å². The van der Waals surface area contributed by atoms with Gasteiger partial charge in [0.15, 0.2) is 5.78 Å². The zero-order chi connectivity index (χ0) is 15.0. The van der Waals surface area contributed by atoms with Crippen LogP contribution >= 0.6 is 0 Å². The van der Waals surface area contributed by atoms with Crippen molar-refractivity contribution in [2.45, 2.75) is 24.9 Å². The van der Waals surface area contributed by atoms with E-state index in [2.05, 4.69) is 11.9 Å². The SMILES string of the molecule is CN1C2COCC1CC(C(=O)c1ccc(F)cc1C#N)C2. The van der Waals surface area contributed by atoms with Crippen molar-refractivity contribution in [1.82, 2.24) is 4.90 Å². The Kier molecular flexibility index (Phi) is 3.75. The molecule has 0 amide bonds. The first-order chi connectivity index (χ1) is 10.1. The van der Waals surface area contributed by atoms with Crippen LogP contribution in [0.15, 0.2) is 18.2 Å². The molecule has 2 fully saturated rings. The van der Waals surface area contributed by atoms with Crippen molar-refractivity contribution in [2.75, 3.05) is 20.3 Å². The number of benzene rings is 1. The summed E-state index contributed by atoms with van der Waals surface area (Å²) in [6.07, 6.45) is 1.46. The summed E-state index contributed by atoms with van der Waals surface area (Å²) in [6, 6.07) is 6.22. The molecule has 2 aliphatic rings. The van der Waals surface area contributed by atoms with Gasteiger partial charge in [0.05, 0.1) is 24.8 Å². The lowest BCUT2D eigenvalue weighted by Gasteiger charge is -2.46. The first-order valence-electron chi connectivity index (χ1n) is 7.13. The molecule has 1 aromatic rings. The lowest BCUT2D eigenvalue weighted by Crippen LogP contribution is -2.55. The fourth-order valence-electron chi connectivity index (χ4n) is 3.35. The molecule has 110 valence electrons. The van der Waals surface area contributed by atoms with Crippen LogP contribution in [0.3, 0.4) is 0 Å². The number of likely N-dealkylation sites (N-methyl/N-ethyl adjacent to an activating group) is 1. The number of carbonyl (C=O) groups excluding carboxylic acids is 1. The molecule has 1 aromatic carbocycles. The number of morpholine rings is 1.